The second-order valence-corrected chi connectivity index (χ2v) is 4.23. The molecule has 0 aliphatic carbocycles. The van der Waals surface area contributed by atoms with Crippen LogP contribution in [0.5, 0.6) is 0 Å². The molecule has 0 aliphatic heterocycles. The summed E-state index contributed by atoms with van der Waals surface area (Å²) >= 11 is 0. The van der Waals surface area contributed by atoms with E-state index in [1.165, 1.54) is 0 Å². The molecule has 0 aromatic rings. The summed E-state index contributed by atoms with van der Waals surface area (Å²) in [6, 6.07) is -0.194. The monoisotopic (exact) mass is 160 g/mol. The average Bonchev–Trinajstić information content (AvgIpc) is 1.82. The first-order valence-electron chi connectivity index (χ1n) is 4.00. The lowest BCUT2D eigenvalue weighted by Gasteiger charge is -2.25. The summed E-state index contributed by atoms with van der Waals surface area (Å²) in [5, 5.41) is 9.24. The quantitative estimate of drug-likeness (QED) is 0.547. The molecule has 3 heteroatoms. The minimum absolute atomic E-state index is 0.162. The molecule has 0 radical (unpaired) electrons. The molecule has 0 amide bonds. The fourth-order valence-corrected chi connectivity index (χ4v) is 1.02. The van der Waals surface area contributed by atoms with Gasteiger partial charge in [-0.05, 0) is 11.8 Å². The molecular weight excluding hydrogens is 140 g/mol. The standard InChI is InChI=1S/C8H20N2O/c1-8(2,3)4-6(10)7(11)5-9/h6-7,11H,4-5,9-10H2,1-3H3/t6-,7?/m1/s1. The smallest absolute Gasteiger partial charge is 0.0813 e. The van der Waals surface area contributed by atoms with E-state index >= 15 is 0 Å². The van der Waals surface area contributed by atoms with E-state index in [0.29, 0.717) is 0 Å². The molecular formula is C8H20N2O. The molecule has 0 saturated heterocycles. The minimum Gasteiger partial charge on any atom is -0.390 e. The molecule has 0 heterocycles. The van der Waals surface area contributed by atoms with Gasteiger partial charge < -0.3 is 16.6 Å². The molecule has 0 aliphatic rings. The molecule has 0 rings (SSSR count). The van der Waals surface area contributed by atoms with E-state index in [-0.39, 0.29) is 18.0 Å². The summed E-state index contributed by atoms with van der Waals surface area (Å²) in [6.45, 7) is 6.53. The fraction of sp³-hybridized carbons (Fsp3) is 1.00. The van der Waals surface area contributed by atoms with Crippen molar-refractivity contribution in [2.24, 2.45) is 16.9 Å². The van der Waals surface area contributed by atoms with Crippen LogP contribution in [0, 0.1) is 5.41 Å². The van der Waals surface area contributed by atoms with Crippen LogP contribution in [0.15, 0.2) is 0 Å². The lowest BCUT2D eigenvalue weighted by molar-refractivity contribution is 0.129. The lowest BCUT2D eigenvalue weighted by atomic mass is 9.86. The van der Waals surface area contributed by atoms with Gasteiger partial charge in [-0.2, -0.15) is 0 Å². The van der Waals surface area contributed by atoms with Crippen LogP contribution in [0.25, 0.3) is 0 Å². The molecule has 1 unspecified atom stereocenters. The Bertz CT molecular complexity index is 109. The predicted molar refractivity (Wildman–Crippen MR) is 47.1 cm³/mol. The zero-order valence-corrected chi connectivity index (χ0v) is 7.67. The second kappa shape index (κ2) is 4.04. The first-order chi connectivity index (χ1) is 4.87. The molecule has 0 spiro atoms. The Morgan fingerprint density at radius 3 is 2.09 bits per heavy atom. The van der Waals surface area contributed by atoms with E-state index in [4.69, 9.17) is 11.5 Å². The number of nitrogens with two attached hydrogens (primary N) is 2. The van der Waals surface area contributed by atoms with Crippen molar-refractivity contribution in [3.05, 3.63) is 0 Å². The Balaban J connectivity index is 3.77. The highest BCUT2D eigenvalue weighted by atomic mass is 16.3. The molecule has 2 atom stereocenters. The fourth-order valence-electron chi connectivity index (χ4n) is 1.02. The predicted octanol–water partition coefficient (Wildman–Crippen LogP) is 0.0695. The van der Waals surface area contributed by atoms with Gasteiger partial charge in [0.15, 0.2) is 0 Å². The van der Waals surface area contributed by atoms with Gasteiger partial charge in [0.05, 0.1) is 6.10 Å². The Kier molecular flexibility index (Phi) is 4.00. The molecule has 11 heavy (non-hydrogen) atoms. The summed E-state index contributed by atoms with van der Waals surface area (Å²) < 4.78 is 0. The van der Waals surface area contributed by atoms with Crippen LogP contribution in [0.3, 0.4) is 0 Å². The van der Waals surface area contributed by atoms with Crippen LogP contribution in [-0.4, -0.2) is 23.8 Å². The van der Waals surface area contributed by atoms with Crippen LogP contribution in [0.1, 0.15) is 27.2 Å². The molecule has 3 nitrogen and oxygen atoms in total. The van der Waals surface area contributed by atoms with Gasteiger partial charge in [0.2, 0.25) is 0 Å². The summed E-state index contributed by atoms with van der Waals surface area (Å²) in [7, 11) is 0. The molecule has 0 aromatic carbocycles. The van der Waals surface area contributed by atoms with Gasteiger partial charge in [-0.3, -0.25) is 0 Å². The van der Waals surface area contributed by atoms with Crippen LogP contribution in [0.2, 0.25) is 0 Å². The summed E-state index contributed by atoms with van der Waals surface area (Å²) in [6.07, 6.45) is 0.236. The van der Waals surface area contributed by atoms with Crippen molar-refractivity contribution in [1.82, 2.24) is 0 Å². The van der Waals surface area contributed by atoms with E-state index in [2.05, 4.69) is 20.8 Å². The van der Waals surface area contributed by atoms with Crippen LogP contribution < -0.4 is 11.5 Å². The third kappa shape index (κ3) is 5.18. The molecule has 68 valence electrons. The van der Waals surface area contributed by atoms with Gasteiger partial charge in [-0.1, -0.05) is 20.8 Å². The molecule has 0 bridgehead atoms. The SMILES string of the molecule is CC(C)(C)C[C@@H](N)C(O)CN. The van der Waals surface area contributed by atoms with E-state index in [0.717, 1.165) is 6.42 Å². The second-order valence-electron chi connectivity index (χ2n) is 4.23. The number of rotatable bonds is 3. The highest BCUT2D eigenvalue weighted by Gasteiger charge is 2.20. The summed E-state index contributed by atoms with van der Waals surface area (Å²) in [5.74, 6) is 0. The lowest BCUT2D eigenvalue weighted by Crippen LogP contribution is -2.42. The van der Waals surface area contributed by atoms with Crippen molar-refractivity contribution >= 4 is 0 Å². The third-order valence-corrected chi connectivity index (χ3v) is 1.58. The number of aliphatic hydroxyl groups excluding tert-OH is 1. The van der Waals surface area contributed by atoms with Crippen LogP contribution in [-0.2, 0) is 0 Å². The summed E-state index contributed by atoms with van der Waals surface area (Å²) in [5.41, 5.74) is 11.1. The Morgan fingerprint density at radius 1 is 1.36 bits per heavy atom. The largest absolute Gasteiger partial charge is 0.390 e. The summed E-state index contributed by atoms with van der Waals surface area (Å²) in [4.78, 5) is 0. The van der Waals surface area contributed by atoms with Gasteiger partial charge in [0, 0.05) is 12.6 Å². The van der Waals surface area contributed by atoms with Crippen LogP contribution in [0.4, 0.5) is 0 Å². The zero-order valence-electron chi connectivity index (χ0n) is 7.67. The average molecular weight is 160 g/mol. The van der Waals surface area contributed by atoms with Crippen molar-refractivity contribution in [2.45, 2.75) is 39.3 Å². The van der Waals surface area contributed by atoms with Crippen molar-refractivity contribution < 1.29 is 5.11 Å². The maximum Gasteiger partial charge on any atom is 0.0813 e. The van der Waals surface area contributed by atoms with Crippen molar-refractivity contribution in [3.8, 4) is 0 Å². The number of hydrogen-bond acceptors (Lipinski definition) is 3. The zero-order chi connectivity index (χ0) is 9.07. The first-order valence-corrected chi connectivity index (χ1v) is 4.00. The van der Waals surface area contributed by atoms with E-state index in [1.807, 2.05) is 0 Å². The topological polar surface area (TPSA) is 72.3 Å². The highest BCUT2D eigenvalue weighted by Crippen LogP contribution is 2.20. The van der Waals surface area contributed by atoms with E-state index in [1.54, 1.807) is 0 Å². The molecule has 0 aromatic heterocycles. The molecule has 0 saturated carbocycles. The number of aliphatic hydroxyl groups is 1. The Labute approximate surface area is 68.8 Å². The third-order valence-electron chi connectivity index (χ3n) is 1.58. The highest BCUT2D eigenvalue weighted by molar-refractivity contribution is 4.77. The maximum atomic E-state index is 9.24. The Hall–Kier alpha value is -0.120. The van der Waals surface area contributed by atoms with Gasteiger partial charge in [0.1, 0.15) is 0 Å². The van der Waals surface area contributed by atoms with E-state index < -0.39 is 6.10 Å². The van der Waals surface area contributed by atoms with Crippen molar-refractivity contribution in [3.63, 3.8) is 0 Å². The normalized spacial score (nSPS) is 18.0. The van der Waals surface area contributed by atoms with Gasteiger partial charge in [0.25, 0.3) is 0 Å². The first kappa shape index (κ1) is 10.9. The minimum atomic E-state index is -0.561. The van der Waals surface area contributed by atoms with Crippen molar-refractivity contribution in [2.75, 3.05) is 6.54 Å². The van der Waals surface area contributed by atoms with E-state index in [9.17, 15) is 5.11 Å². The van der Waals surface area contributed by atoms with Gasteiger partial charge in [-0.25, -0.2) is 0 Å². The molecule has 5 N–H and O–H groups in total. The van der Waals surface area contributed by atoms with Gasteiger partial charge in [-0.15, -0.1) is 0 Å². The number of hydrogen-bond donors (Lipinski definition) is 3. The maximum absolute atomic E-state index is 9.24. The van der Waals surface area contributed by atoms with Crippen LogP contribution >= 0.6 is 0 Å². The Morgan fingerprint density at radius 2 is 1.82 bits per heavy atom. The molecule has 0 fully saturated rings. The van der Waals surface area contributed by atoms with Gasteiger partial charge >= 0.3 is 0 Å². The van der Waals surface area contributed by atoms with Crippen molar-refractivity contribution in [1.29, 1.82) is 0 Å².